The minimum Gasteiger partial charge on any atom is -0.542 e. The fourth-order valence-corrected chi connectivity index (χ4v) is 2.08. The Morgan fingerprint density at radius 3 is 2.40 bits per heavy atom. The van der Waals surface area contributed by atoms with Crippen molar-refractivity contribution in [2.45, 2.75) is 26.6 Å². The smallest absolute Gasteiger partial charge is 0.242 e. The summed E-state index contributed by atoms with van der Waals surface area (Å²) >= 11 is 0. The Kier molecular flexibility index (Phi) is 3.29. The van der Waals surface area contributed by atoms with Crippen molar-refractivity contribution in [1.29, 1.82) is 0 Å². The van der Waals surface area contributed by atoms with E-state index >= 15 is 0 Å². The highest BCUT2D eigenvalue weighted by Crippen LogP contribution is 2.25. The van der Waals surface area contributed by atoms with Crippen molar-refractivity contribution in [1.82, 2.24) is 0 Å². The van der Waals surface area contributed by atoms with Crippen LogP contribution in [0.2, 0.25) is 19.6 Å². The molecule has 0 saturated heterocycles. The summed E-state index contributed by atoms with van der Waals surface area (Å²) in [6, 6.07) is 3.01. The van der Waals surface area contributed by atoms with E-state index in [1.54, 1.807) is 13.0 Å². The monoisotopic (exact) mass is 226 g/mol. The van der Waals surface area contributed by atoms with Crippen LogP contribution >= 0.6 is 0 Å². The zero-order chi connectivity index (χ0) is 11.6. The topological polar surface area (TPSA) is 26.3 Å². The minimum absolute atomic E-state index is 0.0924. The molecule has 0 aliphatic rings. The predicted molar refractivity (Wildman–Crippen MR) is 60.5 cm³/mol. The van der Waals surface area contributed by atoms with Gasteiger partial charge in [0.15, 0.2) is 17.9 Å². The summed E-state index contributed by atoms with van der Waals surface area (Å²) in [6.07, 6.45) is 0.631. The van der Waals surface area contributed by atoms with Crippen molar-refractivity contribution >= 4 is 14.6 Å². The molecule has 0 spiro atoms. The van der Waals surface area contributed by atoms with Gasteiger partial charge >= 0.3 is 0 Å². The molecule has 0 bridgehead atoms. The van der Waals surface area contributed by atoms with Gasteiger partial charge in [0.2, 0.25) is 8.32 Å². The highest BCUT2D eigenvalue weighted by molar-refractivity contribution is 6.70. The highest BCUT2D eigenvalue weighted by atomic mass is 28.4. The molecule has 0 aliphatic carbocycles. The van der Waals surface area contributed by atoms with Crippen LogP contribution in [0.4, 0.5) is 4.39 Å². The Balaban J connectivity index is 3.21. The Morgan fingerprint density at radius 1 is 1.33 bits per heavy atom. The van der Waals surface area contributed by atoms with Crippen molar-refractivity contribution < 1.29 is 13.6 Å². The Labute approximate surface area is 90.2 Å². The molecular weight excluding hydrogens is 211 g/mol. The molecule has 2 nitrogen and oxygen atoms in total. The molecule has 0 fully saturated rings. The van der Waals surface area contributed by atoms with Crippen molar-refractivity contribution in [3.8, 4) is 5.75 Å². The number of halogens is 1. The molecule has 0 unspecified atom stereocenters. The molecule has 0 aliphatic heterocycles. The van der Waals surface area contributed by atoms with Gasteiger partial charge in [-0.25, -0.2) is 4.39 Å². The molecule has 0 N–H and O–H groups in total. The summed E-state index contributed by atoms with van der Waals surface area (Å²) in [4.78, 5) is 10.8. The fraction of sp³-hybridized carbons (Fsp3) is 0.364. The SMILES string of the molecule is Cc1cc(F)c(O[Si](C)(C)C)c(C=O)c1. The van der Waals surface area contributed by atoms with Gasteiger partial charge in [-0.1, -0.05) is 0 Å². The van der Waals surface area contributed by atoms with Crippen molar-refractivity contribution in [2.75, 3.05) is 0 Å². The summed E-state index contributed by atoms with van der Waals surface area (Å²) in [5.41, 5.74) is 1.01. The van der Waals surface area contributed by atoms with E-state index in [2.05, 4.69) is 0 Å². The van der Waals surface area contributed by atoms with Crippen molar-refractivity contribution in [3.05, 3.63) is 29.1 Å². The van der Waals surface area contributed by atoms with Crippen LogP contribution in [-0.4, -0.2) is 14.6 Å². The average molecular weight is 226 g/mol. The number of aryl methyl sites for hydroxylation is 1. The summed E-state index contributed by atoms with van der Waals surface area (Å²) in [7, 11) is -1.89. The molecule has 1 rings (SSSR count). The van der Waals surface area contributed by atoms with Crippen LogP contribution in [0.25, 0.3) is 0 Å². The van der Waals surface area contributed by atoms with E-state index in [0.717, 1.165) is 5.56 Å². The second-order valence-electron chi connectivity index (χ2n) is 4.50. The molecule has 15 heavy (non-hydrogen) atoms. The van der Waals surface area contributed by atoms with Crippen LogP contribution in [0.1, 0.15) is 15.9 Å². The van der Waals surface area contributed by atoms with Gasteiger partial charge < -0.3 is 4.43 Å². The highest BCUT2D eigenvalue weighted by Gasteiger charge is 2.21. The number of carbonyl (C=O) groups is 1. The van der Waals surface area contributed by atoms with Gasteiger partial charge in [-0.05, 0) is 44.3 Å². The Morgan fingerprint density at radius 2 is 1.93 bits per heavy atom. The third-order valence-corrected chi connectivity index (χ3v) is 2.57. The van der Waals surface area contributed by atoms with Gasteiger partial charge in [-0.2, -0.15) is 0 Å². The second kappa shape index (κ2) is 4.14. The van der Waals surface area contributed by atoms with Gasteiger partial charge in [0.25, 0.3) is 0 Å². The van der Waals surface area contributed by atoms with Crippen LogP contribution in [0.3, 0.4) is 0 Å². The lowest BCUT2D eigenvalue weighted by Crippen LogP contribution is -2.30. The largest absolute Gasteiger partial charge is 0.542 e. The van der Waals surface area contributed by atoms with Gasteiger partial charge in [-0.15, -0.1) is 0 Å². The lowest BCUT2D eigenvalue weighted by molar-refractivity contribution is 0.112. The zero-order valence-electron chi connectivity index (χ0n) is 9.43. The lowest BCUT2D eigenvalue weighted by Gasteiger charge is -2.21. The van der Waals surface area contributed by atoms with E-state index in [9.17, 15) is 9.18 Å². The molecule has 0 atom stereocenters. The summed E-state index contributed by atoms with van der Waals surface area (Å²) in [5.74, 6) is -0.366. The van der Waals surface area contributed by atoms with Crippen LogP contribution in [0, 0.1) is 12.7 Å². The molecule has 1 aromatic rings. The van der Waals surface area contributed by atoms with Crippen LogP contribution in [0.15, 0.2) is 12.1 Å². The van der Waals surface area contributed by atoms with Crippen LogP contribution < -0.4 is 4.43 Å². The first-order chi connectivity index (χ1) is 6.83. The maximum atomic E-state index is 13.6. The first-order valence-electron chi connectivity index (χ1n) is 4.78. The molecule has 0 amide bonds. The molecule has 1 aromatic carbocycles. The quantitative estimate of drug-likeness (QED) is 0.584. The van der Waals surface area contributed by atoms with E-state index in [0.29, 0.717) is 6.29 Å². The van der Waals surface area contributed by atoms with E-state index < -0.39 is 14.1 Å². The molecule has 0 radical (unpaired) electrons. The van der Waals surface area contributed by atoms with Crippen LogP contribution in [0.5, 0.6) is 5.75 Å². The van der Waals surface area contributed by atoms with Gasteiger partial charge in [0, 0.05) is 0 Å². The van der Waals surface area contributed by atoms with Crippen molar-refractivity contribution in [3.63, 3.8) is 0 Å². The molecular formula is C11H15FO2Si. The number of hydrogen-bond donors (Lipinski definition) is 0. The Bertz CT molecular complexity index is 383. The maximum Gasteiger partial charge on any atom is 0.242 e. The maximum absolute atomic E-state index is 13.6. The number of hydrogen-bond acceptors (Lipinski definition) is 2. The summed E-state index contributed by atoms with van der Waals surface area (Å²) in [5, 5.41) is 0. The third kappa shape index (κ3) is 3.16. The second-order valence-corrected chi connectivity index (χ2v) is 8.93. The number of rotatable bonds is 3. The van der Waals surface area contributed by atoms with E-state index in [-0.39, 0.29) is 11.3 Å². The average Bonchev–Trinajstić information content (AvgIpc) is 2.07. The summed E-state index contributed by atoms with van der Waals surface area (Å²) in [6.45, 7) is 7.58. The molecule has 0 heterocycles. The van der Waals surface area contributed by atoms with E-state index in [1.165, 1.54) is 6.07 Å². The summed E-state index contributed by atoms with van der Waals surface area (Å²) < 4.78 is 19.1. The molecule has 0 saturated carbocycles. The normalized spacial score (nSPS) is 11.3. The lowest BCUT2D eigenvalue weighted by atomic mass is 10.1. The van der Waals surface area contributed by atoms with E-state index in [4.69, 9.17) is 4.43 Å². The fourth-order valence-electron chi connectivity index (χ4n) is 1.26. The number of carbonyl (C=O) groups excluding carboxylic acids is 1. The van der Waals surface area contributed by atoms with Gasteiger partial charge in [-0.3, -0.25) is 4.79 Å². The third-order valence-electron chi connectivity index (χ3n) is 1.75. The standard InChI is InChI=1S/C11H15FO2Si/c1-8-5-9(7-13)11(10(12)6-8)14-15(2,3)4/h5-7H,1-4H3. The van der Waals surface area contributed by atoms with E-state index in [1.807, 2.05) is 19.6 Å². The minimum atomic E-state index is -1.89. The zero-order valence-corrected chi connectivity index (χ0v) is 10.4. The van der Waals surface area contributed by atoms with Gasteiger partial charge in [0.1, 0.15) is 0 Å². The van der Waals surface area contributed by atoms with Gasteiger partial charge in [0.05, 0.1) is 5.56 Å². The molecule has 4 heteroatoms. The molecule has 82 valence electrons. The predicted octanol–water partition coefficient (Wildman–Crippen LogP) is 3.16. The first kappa shape index (κ1) is 11.9. The molecule has 0 aromatic heterocycles. The number of benzene rings is 1. The van der Waals surface area contributed by atoms with Crippen LogP contribution in [-0.2, 0) is 0 Å². The number of aldehydes is 1. The Hall–Kier alpha value is -1.16. The van der Waals surface area contributed by atoms with Crippen molar-refractivity contribution in [2.24, 2.45) is 0 Å². The first-order valence-corrected chi connectivity index (χ1v) is 8.18.